The van der Waals surface area contributed by atoms with E-state index in [1.807, 2.05) is 12.1 Å². The van der Waals surface area contributed by atoms with Crippen LogP contribution in [-0.4, -0.2) is 25.0 Å². The number of esters is 1. The molecular weight excluding hydrogens is 220 g/mol. The summed E-state index contributed by atoms with van der Waals surface area (Å²) < 4.78 is 4.55. The Morgan fingerprint density at radius 2 is 1.94 bits per heavy atom. The number of carbonyl (C=O) groups excluding carboxylic acids is 2. The Bertz CT molecular complexity index is 387. The van der Waals surface area contributed by atoms with Gasteiger partial charge in [0.05, 0.1) is 6.61 Å². The molecule has 0 heterocycles. The molecule has 0 aliphatic rings. The van der Waals surface area contributed by atoms with Gasteiger partial charge in [0, 0.05) is 12.2 Å². The standard InChI is InChI=1S/C12H16N2O3/c1-2-17-12(16)11(15)14-8-7-9-3-5-10(13)6-4-9/h3-6H,2,7-8,13H2,1H3,(H,14,15). The van der Waals surface area contributed by atoms with Gasteiger partial charge in [0.1, 0.15) is 0 Å². The van der Waals surface area contributed by atoms with Crippen LogP contribution in [0.25, 0.3) is 0 Å². The summed E-state index contributed by atoms with van der Waals surface area (Å²) in [5.74, 6) is -1.55. The van der Waals surface area contributed by atoms with Crippen molar-refractivity contribution in [1.29, 1.82) is 0 Å². The highest BCUT2D eigenvalue weighted by Gasteiger charge is 2.13. The van der Waals surface area contributed by atoms with Gasteiger partial charge in [-0.3, -0.25) is 4.79 Å². The Morgan fingerprint density at radius 3 is 2.53 bits per heavy atom. The Hall–Kier alpha value is -2.04. The molecule has 5 heteroatoms. The number of nitrogens with one attached hydrogen (secondary N) is 1. The molecule has 0 unspecified atom stereocenters. The Kier molecular flexibility index (Phi) is 5.00. The predicted octanol–water partition coefficient (Wildman–Crippen LogP) is 0.491. The number of benzene rings is 1. The largest absolute Gasteiger partial charge is 0.459 e. The van der Waals surface area contributed by atoms with Gasteiger partial charge in [-0.25, -0.2) is 4.79 Å². The maximum Gasteiger partial charge on any atom is 0.396 e. The van der Waals surface area contributed by atoms with E-state index in [9.17, 15) is 9.59 Å². The molecule has 0 radical (unpaired) electrons. The Morgan fingerprint density at radius 1 is 1.29 bits per heavy atom. The monoisotopic (exact) mass is 236 g/mol. The number of anilines is 1. The van der Waals surface area contributed by atoms with Gasteiger partial charge in [-0.05, 0) is 31.0 Å². The maximum atomic E-state index is 11.2. The molecule has 1 aromatic carbocycles. The predicted molar refractivity (Wildman–Crippen MR) is 64.2 cm³/mol. The van der Waals surface area contributed by atoms with Gasteiger partial charge in [-0.1, -0.05) is 12.1 Å². The molecule has 0 bridgehead atoms. The minimum atomic E-state index is -0.843. The third-order valence-corrected chi connectivity index (χ3v) is 2.14. The van der Waals surface area contributed by atoms with Crippen LogP contribution in [0.3, 0.4) is 0 Å². The lowest BCUT2D eigenvalue weighted by atomic mass is 10.1. The van der Waals surface area contributed by atoms with Crippen molar-refractivity contribution in [1.82, 2.24) is 5.32 Å². The number of nitrogen functional groups attached to an aromatic ring is 1. The summed E-state index contributed by atoms with van der Waals surface area (Å²) in [5.41, 5.74) is 7.29. The average molecular weight is 236 g/mol. The zero-order valence-electron chi connectivity index (χ0n) is 9.73. The van der Waals surface area contributed by atoms with E-state index in [0.29, 0.717) is 18.7 Å². The van der Waals surface area contributed by atoms with Crippen molar-refractivity contribution in [3.05, 3.63) is 29.8 Å². The van der Waals surface area contributed by atoms with Crippen LogP contribution >= 0.6 is 0 Å². The number of nitrogens with two attached hydrogens (primary N) is 1. The second-order valence-corrected chi connectivity index (χ2v) is 3.47. The van der Waals surface area contributed by atoms with Crippen LogP contribution in [0.5, 0.6) is 0 Å². The molecule has 92 valence electrons. The van der Waals surface area contributed by atoms with Crippen LogP contribution in [0.4, 0.5) is 5.69 Å². The van der Waals surface area contributed by atoms with Crippen molar-refractivity contribution in [2.24, 2.45) is 0 Å². The van der Waals surface area contributed by atoms with E-state index >= 15 is 0 Å². The Balaban J connectivity index is 2.30. The van der Waals surface area contributed by atoms with E-state index in [1.165, 1.54) is 0 Å². The first-order valence-corrected chi connectivity index (χ1v) is 5.43. The molecule has 0 saturated heterocycles. The molecule has 17 heavy (non-hydrogen) atoms. The summed E-state index contributed by atoms with van der Waals surface area (Å²) >= 11 is 0. The minimum Gasteiger partial charge on any atom is -0.459 e. The zero-order valence-corrected chi connectivity index (χ0v) is 9.73. The zero-order chi connectivity index (χ0) is 12.7. The smallest absolute Gasteiger partial charge is 0.396 e. The molecule has 1 rings (SSSR count). The van der Waals surface area contributed by atoms with Gasteiger partial charge in [0.15, 0.2) is 0 Å². The van der Waals surface area contributed by atoms with E-state index in [1.54, 1.807) is 19.1 Å². The van der Waals surface area contributed by atoms with Crippen LogP contribution in [0.1, 0.15) is 12.5 Å². The lowest BCUT2D eigenvalue weighted by Gasteiger charge is -2.05. The Labute approximate surface area is 99.9 Å². The summed E-state index contributed by atoms with van der Waals surface area (Å²) in [6.07, 6.45) is 0.644. The van der Waals surface area contributed by atoms with Gasteiger partial charge < -0.3 is 15.8 Å². The summed E-state index contributed by atoms with van der Waals surface area (Å²) in [4.78, 5) is 22.2. The molecular formula is C12H16N2O3. The van der Waals surface area contributed by atoms with Crippen LogP contribution < -0.4 is 11.1 Å². The summed E-state index contributed by atoms with van der Waals surface area (Å²) in [6, 6.07) is 7.35. The van der Waals surface area contributed by atoms with E-state index in [-0.39, 0.29) is 6.61 Å². The highest BCUT2D eigenvalue weighted by atomic mass is 16.5. The van der Waals surface area contributed by atoms with E-state index in [2.05, 4.69) is 10.1 Å². The van der Waals surface area contributed by atoms with Crippen molar-refractivity contribution < 1.29 is 14.3 Å². The number of carbonyl (C=O) groups is 2. The fraction of sp³-hybridized carbons (Fsp3) is 0.333. The lowest BCUT2D eigenvalue weighted by Crippen LogP contribution is -2.33. The fourth-order valence-corrected chi connectivity index (χ4v) is 1.27. The molecule has 1 amide bonds. The molecule has 1 aromatic rings. The summed E-state index contributed by atoms with van der Waals surface area (Å²) in [5, 5.41) is 2.49. The van der Waals surface area contributed by atoms with Gasteiger partial charge in [0.25, 0.3) is 0 Å². The molecule has 3 N–H and O–H groups in total. The normalized spacial score (nSPS) is 9.71. The lowest BCUT2D eigenvalue weighted by molar-refractivity contribution is -0.154. The summed E-state index contributed by atoms with van der Waals surface area (Å²) in [7, 11) is 0. The van der Waals surface area contributed by atoms with E-state index in [4.69, 9.17) is 5.73 Å². The molecule has 0 aromatic heterocycles. The first kappa shape index (κ1) is 13.0. The highest BCUT2D eigenvalue weighted by molar-refractivity contribution is 6.32. The number of ether oxygens (including phenoxy) is 1. The third-order valence-electron chi connectivity index (χ3n) is 2.14. The molecule has 5 nitrogen and oxygen atoms in total. The highest BCUT2D eigenvalue weighted by Crippen LogP contribution is 2.05. The summed E-state index contributed by atoms with van der Waals surface area (Å²) in [6.45, 7) is 2.24. The average Bonchev–Trinajstić information content (AvgIpc) is 2.32. The second kappa shape index (κ2) is 6.52. The van der Waals surface area contributed by atoms with Crippen LogP contribution in [-0.2, 0) is 20.7 Å². The third kappa shape index (κ3) is 4.55. The molecule has 0 atom stereocenters. The van der Waals surface area contributed by atoms with Crippen molar-refractivity contribution in [2.75, 3.05) is 18.9 Å². The number of amides is 1. The van der Waals surface area contributed by atoms with E-state index < -0.39 is 11.9 Å². The molecule has 0 fully saturated rings. The molecule has 0 aliphatic heterocycles. The number of hydrogen-bond acceptors (Lipinski definition) is 4. The van der Waals surface area contributed by atoms with Gasteiger partial charge in [-0.2, -0.15) is 0 Å². The quantitative estimate of drug-likeness (QED) is 0.453. The SMILES string of the molecule is CCOC(=O)C(=O)NCCc1ccc(N)cc1. The van der Waals surface area contributed by atoms with Crippen LogP contribution in [0, 0.1) is 0 Å². The van der Waals surface area contributed by atoms with Gasteiger partial charge in [-0.15, -0.1) is 0 Å². The first-order valence-electron chi connectivity index (χ1n) is 5.43. The van der Waals surface area contributed by atoms with Crippen LogP contribution in [0.2, 0.25) is 0 Å². The number of hydrogen-bond donors (Lipinski definition) is 2. The van der Waals surface area contributed by atoms with Crippen LogP contribution in [0.15, 0.2) is 24.3 Å². The minimum absolute atomic E-state index is 0.199. The fourth-order valence-electron chi connectivity index (χ4n) is 1.27. The first-order chi connectivity index (χ1) is 8.13. The molecule has 0 spiro atoms. The van der Waals surface area contributed by atoms with Gasteiger partial charge in [0.2, 0.25) is 0 Å². The van der Waals surface area contributed by atoms with Crippen molar-refractivity contribution in [3.63, 3.8) is 0 Å². The topological polar surface area (TPSA) is 81.4 Å². The number of rotatable bonds is 4. The second-order valence-electron chi connectivity index (χ2n) is 3.47. The maximum absolute atomic E-state index is 11.2. The van der Waals surface area contributed by atoms with Crippen molar-refractivity contribution >= 4 is 17.6 Å². The molecule has 0 aliphatic carbocycles. The van der Waals surface area contributed by atoms with Crippen molar-refractivity contribution in [3.8, 4) is 0 Å². The van der Waals surface area contributed by atoms with E-state index in [0.717, 1.165) is 5.56 Å². The van der Waals surface area contributed by atoms with Crippen molar-refractivity contribution in [2.45, 2.75) is 13.3 Å². The van der Waals surface area contributed by atoms with Gasteiger partial charge >= 0.3 is 11.9 Å². The molecule has 0 saturated carbocycles.